The molecule has 6 aromatic rings. The van der Waals surface area contributed by atoms with Crippen LogP contribution in [0.4, 0.5) is 0 Å². The third-order valence-corrected chi connectivity index (χ3v) is 9.37. The van der Waals surface area contributed by atoms with Gasteiger partial charge in [-0.2, -0.15) is 0 Å². The van der Waals surface area contributed by atoms with E-state index in [1.54, 1.807) is 39.0 Å². The van der Waals surface area contributed by atoms with E-state index in [0.717, 1.165) is 16.7 Å². The Balaban J connectivity index is 1.52. The van der Waals surface area contributed by atoms with Crippen molar-refractivity contribution in [1.29, 1.82) is 0 Å². The maximum atomic E-state index is 6.96. The quantitative estimate of drug-likeness (QED) is 0.154. The molecule has 1 unspecified atom stereocenters. The van der Waals surface area contributed by atoms with Crippen molar-refractivity contribution in [1.82, 2.24) is 9.97 Å². The van der Waals surface area contributed by atoms with Crippen molar-refractivity contribution in [3.63, 3.8) is 0 Å². The highest BCUT2D eigenvalue weighted by atomic mass is 35.5. The molecule has 2 aliphatic heterocycles. The molecule has 4 heterocycles. The number of benzene rings is 4. The topological polar surface area (TPSA) is 93.7 Å². The lowest BCUT2D eigenvalue weighted by molar-refractivity contribution is 0.256. The van der Waals surface area contributed by atoms with Gasteiger partial charge in [-0.25, -0.2) is 20.0 Å². The third kappa shape index (κ3) is 5.41. The zero-order chi connectivity index (χ0) is 34.8. The Morgan fingerprint density at radius 1 is 0.471 bits per heavy atom. The summed E-state index contributed by atoms with van der Waals surface area (Å²) in [6, 6.07) is 41.1. The average molecular weight is 687 g/mol. The fourth-order valence-corrected chi connectivity index (χ4v) is 6.87. The van der Waals surface area contributed by atoms with Crippen LogP contribution in [0.1, 0.15) is 33.4 Å². The van der Waals surface area contributed by atoms with Crippen LogP contribution < -0.4 is 9.47 Å². The molecule has 8 nitrogen and oxygen atoms in total. The molecule has 1 atom stereocenters. The minimum absolute atomic E-state index is 0.523. The Morgan fingerprint density at radius 2 is 0.961 bits per heavy atom. The van der Waals surface area contributed by atoms with Gasteiger partial charge in [-0.3, -0.25) is 9.97 Å². The monoisotopic (exact) mass is 686 g/mol. The van der Waals surface area contributed by atoms with Crippen LogP contribution in [0, 0.1) is 0 Å². The molecule has 0 saturated carbocycles. The van der Waals surface area contributed by atoms with Gasteiger partial charge in [0, 0.05) is 58.2 Å². The summed E-state index contributed by atoms with van der Waals surface area (Å²) in [4.78, 5) is 31.7. The molecule has 0 spiro atoms. The van der Waals surface area contributed by atoms with Crippen LogP contribution in [0.5, 0.6) is 11.5 Å². The molecule has 248 valence electrons. The van der Waals surface area contributed by atoms with E-state index in [1.807, 2.05) is 127 Å². The van der Waals surface area contributed by atoms with Crippen molar-refractivity contribution in [2.75, 3.05) is 14.2 Å². The second-order valence-electron chi connectivity index (χ2n) is 12.0. The number of nitrogens with zero attached hydrogens (tertiary/aromatic N) is 6. The molecular formula is C42H31ClN6O2. The fourth-order valence-electron chi connectivity index (χ4n) is 6.64. The largest absolute Gasteiger partial charge is 0.493 e. The molecule has 2 aliphatic rings. The van der Waals surface area contributed by atoms with E-state index >= 15 is 0 Å². The van der Waals surface area contributed by atoms with Crippen molar-refractivity contribution in [2.24, 2.45) is 20.0 Å². The number of hydrogen-bond acceptors (Lipinski definition) is 8. The summed E-state index contributed by atoms with van der Waals surface area (Å²) < 4.78 is 11.3. The molecule has 0 radical (unpaired) electrons. The van der Waals surface area contributed by atoms with Crippen LogP contribution in [0.2, 0.25) is 5.02 Å². The highest BCUT2D eigenvalue weighted by Crippen LogP contribution is 2.54. The molecule has 0 amide bonds. The summed E-state index contributed by atoms with van der Waals surface area (Å²) in [5, 5.41) is 0.523. The number of aromatic nitrogens is 2. The maximum absolute atomic E-state index is 6.96. The second kappa shape index (κ2) is 13.2. The van der Waals surface area contributed by atoms with E-state index in [2.05, 4.69) is 9.97 Å². The standard InChI is InChI=1S/C42H31ClN6O2/c1-50-35-22-21-30(25-36(35)51-2)39-40(33-19-9-10-20-34(33)43)49-42(48-39,32-18-12-24-45-27-32)41(31-17-11-23-44-26-31)46-37(28-13-5-3-6-14-28)38(47-41)29-15-7-4-8-16-29/h3-27H,1-2H3. The SMILES string of the molecule is COc1ccc(C2=NC(c3cccnc3)(C3(c4cccnc4)N=C(c4ccccc4)C(c4ccccc4)=N3)N=C2c2ccccc2Cl)cc1OC. The number of hydrogen-bond donors (Lipinski definition) is 0. The molecule has 0 aliphatic carbocycles. The fraction of sp³-hybridized carbons (Fsp3) is 0.0952. The van der Waals surface area contributed by atoms with Crippen molar-refractivity contribution in [3.8, 4) is 11.5 Å². The number of methoxy groups -OCH3 is 2. The highest BCUT2D eigenvalue weighted by molar-refractivity contribution is 6.57. The van der Waals surface area contributed by atoms with E-state index in [0.29, 0.717) is 56.1 Å². The Kier molecular flexibility index (Phi) is 8.29. The summed E-state index contributed by atoms with van der Waals surface area (Å²) in [6.07, 6.45) is 7.03. The number of rotatable bonds is 9. The van der Waals surface area contributed by atoms with Gasteiger partial charge in [0.05, 0.1) is 42.1 Å². The van der Waals surface area contributed by atoms with E-state index in [9.17, 15) is 0 Å². The number of aliphatic imine (C=N–C) groups is 4. The Hall–Kier alpha value is -6.25. The third-order valence-electron chi connectivity index (χ3n) is 9.04. The van der Waals surface area contributed by atoms with Crippen molar-refractivity contribution in [3.05, 3.63) is 191 Å². The second-order valence-corrected chi connectivity index (χ2v) is 12.4. The van der Waals surface area contributed by atoms with Gasteiger partial charge in [-0.05, 0) is 36.4 Å². The van der Waals surface area contributed by atoms with Gasteiger partial charge in [0.25, 0.3) is 0 Å². The van der Waals surface area contributed by atoms with Crippen molar-refractivity contribution >= 4 is 34.4 Å². The molecular weight excluding hydrogens is 656 g/mol. The van der Waals surface area contributed by atoms with Crippen LogP contribution in [0.25, 0.3) is 0 Å². The van der Waals surface area contributed by atoms with E-state index < -0.39 is 11.3 Å². The first-order valence-electron chi connectivity index (χ1n) is 16.4. The van der Waals surface area contributed by atoms with Gasteiger partial charge in [-0.15, -0.1) is 0 Å². The molecule has 0 bridgehead atoms. The van der Waals surface area contributed by atoms with Gasteiger partial charge in [-0.1, -0.05) is 103 Å². The first-order valence-corrected chi connectivity index (χ1v) is 16.7. The summed E-state index contributed by atoms with van der Waals surface area (Å²) in [6.45, 7) is 0. The normalized spacial score (nSPS) is 17.6. The zero-order valence-electron chi connectivity index (χ0n) is 27.8. The average Bonchev–Trinajstić information content (AvgIpc) is 3.82. The summed E-state index contributed by atoms with van der Waals surface area (Å²) in [5.74, 6) is 1.14. The van der Waals surface area contributed by atoms with E-state index in [4.69, 9.17) is 41.0 Å². The Bertz CT molecular complexity index is 2290. The van der Waals surface area contributed by atoms with Crippen molar-refractivity contribution in [2.45, 2.75) is 11.3 Å². The smallest absolute Gasteiger partial charge is 0.227 e. The number of halogens is 1. The predicted molar refractivity (Wildman–Crippen MR) is 202 cm³/mol. The summed E-state index contributed by atoms with van der Waals surface area (Å²) in [5.41, 5.74) is 4.22. The summed E-state index contributed by atoms with van der Waals surface area (Å²) in [7, 11) is 3.22. The Labute approximate surface area is 300 Å². The highest BCUT2D eigenvalue weighted by Gasteiger charge is 2.61. The van der Waals surface area contributed by atoms with Crippen LogP contribution in [-0.2, 0) is 11.3 Å². The van der Waals surface area contributed by atoms with Gasteiger partial charge >= 0.3 is 0 Å². The number of ether oxygens (including phenoxy) is 2. The molecule has 8 rings (SSSR count). The zero-order valence-corrected chi connectivity index (χ0v) is 28.6. The summed E-state index contributed by atoms with van der Waals surface area (Å²) >= 11 is 6.96. The molecule has 51 heavy (non-hydrogen) atoms. The lowest BCUT2D eigenvalue weighted by atomic mass is 9.83. The Morgan fingerprint density at radius 3 is 1.45 bits per heavy atom. The molecule has 9 heteroatoms. The van der Waals surface area contributed by atoms with E-state index in [1.165, 1.54) is 0 Å². The van der Waals surface area contributed by atoms with Gasteiger partial charge in [0.2, 0.25) is 11.3 Å². The van der Waals surface area contributed by atoms with Crippen LogP contribution in [0.15, 0.2) is 172 Å². The lowest BCUT2D eigenvalue weighted by Crippen LogP contribution is -2.43. The van der Waals surface area contributed by atoms with Crippen LogP contribution in [-0.4, -0.2) is 47.0 Å². The van der Waals surface area contributed by atoms with Crippen molar-refractivity contribution < 1.29 is 9.47 Å². The minimum atomic E-state index is -1.52. The first kappa shape index (κ1) is 32.0. The molecule has 0 saturated heterocycles. The van der Waals surface area contributed by atoms with Gasteiger partial charge in [0.15, 0.2) is 11.5 Å². The molecule has 2 aromatic heterocycles. The maximum Gasteiger partial charge on any atom is 0.227 e. The van der Waals surface area contributed by atoms with Crippen LogP contribution >= 0.6 is 11.6 Å². The van der Waals surface area contributed by atoms with E-state index in [-0.39, 0.29) is 0 Å². The van der Waals surface area contributed by atoms with Gasteiger partial charge < -0.3 is 9.47 Å². The number of pyridine rings is 2. The minimum Gasteiger partial charge on any atom is -0.493 e. The molecule has 0 fully saturated rings. The van der Waals surface area contributed by atoms with Gasteiger partial charge in [0.1, 0.15) is 0 Å². The first-order chi connectivity index (χ1) is 25.1. The van der Waals surface area contributed by atoms with Crippen LogP contribution in [0.3, 0.4) is 0 Å². The molecule has 4 aromatic carbocycles. The lowest BCUT2D eigenvalue weighted by Gasteiger charge is -2.37. The predicted octanol–water partition coefficient (Wildman–Crippen LogP) is 8.14. The molecule has 0 N–H and O–H groups in total.